The topological polar surface area (TPSA) is 70.7 Å². The predicted octanol–water partition coefficient (Wildman–Crippen LogP) is 3.27. The lowest BCUT2D eigenvalue weighted by molar-refractivity contribution is 0.259. The van der Waals surface area contributed by atoms with Gasteiger partial charge in [0.05, 0.1) is 0 Å². The molecule has 0 radical (unpaired) electrons. The lowest BCUT2D eigenvalue weighted by atomic mass is 10.1. The smallest absolute Gasteiger partial charge is 0.348 e. The van der Waals surface area contributed by atoms with Crippen LogP contribution >= 0.6 is 0 Å². The number of nitrogens with one attached hydrogen (secondary N) is 1. The number of aliphatic imine (C=N–C) groups is 1. The number of carbonyl (C=O) groups is 1. The minimum Gasteiger partial charge on any atom is -0.369 e. The fourth-order valence-corrected chi connectivity index (χ4v) is 2.20. The van der Waals surface area contributed by atoms with E-state index in [2.05, 4.69) is 24.2 Å². The van der Waals surface area contributed by atoms with Crippen LogP contribution in [0, 0.1) is 13.8 Å². The summed E-state index contributed by atoms with van der Waals surface area (Å²) < 4.78 is 0. The van der Waals surface area contributed by atoms with Gasteiger partial charge in [0.2, 0.25) is 5.96 Å². The highest BCUT2D eigenvalue weighted by Crippen LogP contribution is 2.19. The van der Waals surface area contributed by atoms with Crippen LogP contribution in [0.15, 0.2) is 23.2 Å². The number of urea groups is 1. The predicted molar refractivity (Wildman–Crippen MR) is 88.7 cm³/mol. The number of amides is 2. The van der Waals surface area contributed by atoms with Gasteiger partial charge in [-0.3, -0.25) is 0 Å². The molecule has 0 saturated heterocycles. The van der Waals surface area contributed by atoms with Crippen molar-refractivity contribution in [1.82, 2.24) is 4.90 Å². The van der Waals surface area contributed by atoms with Crippen LogP contribution < -0.4 is 11.1 Å². The van der Waals surface area contributed by atoms with E-state index in [1.54, 1.807) is 0 Å². The zero-order valence-corrected chi connectivity index (χ0v) is 13.4. The molecule has 0 heterocycles. The van der Waals surface area contributed by atoms with Gasteiger partial charge in [-0.25, -0.2) is 4.79 Å². The van der Waals surface area contributed by atoms with Crippen molar-refractivity contribution in [3.05, 3.63) is 29.3 Å². The number of benzene rings is 1. The number of hydrogen-bond donors (Lipinski definition) is 2. The van der Waals surface area contributed by atoms with Crippen molar-refractivity contribution >= 4 is 17.7 Å². The van der Waals surface area contributed by atoms with Gasteiger partial charge in [-0.2, -0.15) is 4.99 Å². The first-order chi connectivity index (χ1) is 9.99. The second kappa shape index (κ2) is 8.29. The SMILES string of the molecule is CCCN(CCC)C(N)=NC(=O)Nc1c(C)cccc1C. The van der Waals surface area contributed by atoms with Crippen molar-refractivity contribution in [2.75, 3.05) is 18.4 Å². The summed E-state index contributed by atoms with van der Waals surface area (Å²) in [5, 5.41) is 2.82. The Kier molecular flexibility index (Phi) is 6.72. The monoisotopic (exact) mass is 290 g/mol. The second-order valence-corrected chi connectivity index (χ2v) is 5.15. The van der Waals surface area contributed by atoms with Crippen LogP contribution in [-0.4, -0.2) is 30.0 Å². The van der Waals surface area contributed by atoms with Crippen molar-refractivity contribution in [2.45, 2.75) is 40.5 Å². The fraction of sp³-hybridized carbons (Fsp3) is 0.500. The van der Waals surface area contributed by atoms with Crippen LogP contribution in [0.2, 0.25) is 0 Å². The second-order valence-electron chi connectivity index (χ2n) is 5.15. The molecule has 0 bridgehead atoms. The van der Waals surface area contributed by atoms with Gasteiger partial charge in [0.25, 0.3) is 0 Å². The molecule has 5 heteroatoms. The summed E-state index contributed by atoms with van der Waals surface area (Å²) in [7, 11) is 0. The number of nitrogens with two attached hydrogens (primary N) is 1. The average Bonchev–Trinajstić information content (AvgIpc) is 2.42. The van der Waals surface area contributed by atoms with Crippen molar-refractivity contribution in [2.24, 2.45) is 10.7 Å². The first kappa shape index (κ1) is 17.0. The molecule has 1 aromatic carbocycles. The third-order valence-electron chi connectivity index (χ3n) is 3.24. The highest BCUT2D eigenvalue weighted by molar-refractivity contribution is 5.99. The zero-order valence-electron chi connectivity index (χ0n) is 13.4. The van der Waals surface area contributed by atoms with E-state index in [4.69, 9.17) is 5.73 Å². The number of guanidine groups is 1. The van der Waals surface area contributed by atoms with Crippen LogP contribution in [-0.2, 0) is 0 Å². The minimum absolute atomic E-state index is 0.280. The minimum atomic E-state index is -0.429. The van der Waals surface area contributed by atoms with Gasteiger partial charge in [-0.05, 0) is 37.8 Å². The Morgan fingerprint density at radius 1 is 1.19 bits per heavy atom. The van der Waals surface area contributed by atoms with Gasteiger partial charge in [-0.1, -0.05) is 32.0 Å². The number of carbonyl (C=O) groups excluding carboxylic acids is 1. The van der Waals surface area contributed by atoms with Gasteiger partial charge in [-0.15, -0.1) is 0 Å². The molecule has 0 aliphatic heterocycles. The molecule has 2 amide bonds. The first-order valence-electron chi connectivity index (χ1n) is 7.45. The number of aryl methyl sites for hydroxylation is 2. The van der Waals surface area contributed by atoms with Crippen molar-refractivity contribution in [3.8, 4) is 0 Å². The Bertz CT molecular complexity index is 485. The van der Waals surface area contributed by atoms with Gasteiger partial charge >= 0.3 is 6.03 Å². The summed E-state index contributed by atoms with van der Waals surface area (Å²) in [4.78, 5) is 17.9. The van der Waals surface area contributed by atoms with Crippen molar-refractivity contribution in [1.29, 1.82) is 0 Å². The molecule has 3 N–H and O–H groups in total. The van der Waals surface area contributed by atoms with Gasteiger partial charge in [0.15, 0.2) is 0 Å². The summed E-state index contributed by atoms with van der Waals surface area (Å²) in [5.74, 6) is 0.280. The maximum atomic E-state index is 12.0. The van der Waals surface area contributed by atoms with Crippen LogP contribution in [0.25, 0.3) is 0 Å². The molecule has 0 atom stereocenters. The van der Waals surface area contributed by atoms with E-state index in [0.29, 0.717) is 0 Å². The molecule has 0 unspecified atom stereocenters. The normalized spacial score (nSPS) is 11.3. The standard InChI is InChI=1S/C16H26N4O/c1-5-10-20(11-6-2)15(17)19-16(21)18-14-12(3)8-7-9-13(14)4/h7-9H,5-6,10-11H2,1-4H3,(H3,17,18,19,21). The summed E-state index contributed by atoms with van der Waals surface area (Å²) in [6.07, 6.45) is 1.93. The van der Waals surface area contributed by atoms with E-state index in [0.717, 1.165) is 42.7 Å². The van der Waals surface area contributed by atoms with E-state index in [-0.39, 0.29) is 5.96 Å². The summed E-state index contributed by atoms with van der Waals surface area (Å²) in [5.41, 5.74) is 8.76. The molecule has 0 aliphatic rings. The number of hydrogen-bond acceptors (Lipinski definition) is 1. The molecular weight excluding hydrogens is 264 g/mol. The Labute approximate surface area is 127 Å². The van der Waals surface area contributed by atoms with Gasteiger partial charge in [0, 0.05) is 18.8 Å². The summed E-state index contributed by atoms with van der Waals surface area (Å²) in [6, 6.07) is 5.44. The lowest BCUT2D eigenvalue weighted by Crippen LogP contribution is -2.39. The lowest BCUT2D eigenvalue weighted by Gasteiger charge is -2.22. The molecule has 1 rings (SSSR count). The van der Waals surface area contributed by atoms with Crippen LogP contribution in [0.3, 0.4) is 0 Å². The van der Waals surface area contributed by atoms with E-state index in [9.17, 15) is 4.79 Å². The van der Waals surface area contributed by atoms with E-state index < -0.39 is 6.03 Å². The molecule has 5 nitrogen and oxygen atoms in total. The van der Waals surface area contributed by atoms with Crippen LogP contribution in [0.5, 0.6) is 0 Å². The zero-order chi connectivity index (χ0) is 15.8. The summed E-state index contributed by atoms with van der Waals surface area (Å²) >= 11 is 0. The molecule has 21 heavy (non-hydrogen) atoms. The Morgan fingerprint density at radius 3 is 2.19 bits per heavy atom. The number of nitrogens with zero attached hydrogens (tertiary/aromatic N) is 2. The first-order valence-corrected chi connectivity index (χ1v) is 7.45. The van der Waals surface area contributed by atoms with Gasteiger partial charge in [0.1, 0.15) is 0 Å². The number of para-hydroxylation sites is 1. The summed E-state index contributed by atoms with van der Waals surface area (Å²) in [6.45, 7) is 9.67. The Morgan fingerprint density at radius 2 is 1.71 bits per heavy atom. The maximum Gasteiger partial charge on any atom is 0.348 e. The highest BCUT2D eigenvalue weighted by atomic mass is 16.2. The van der Waals surface area contributed by atoms with E-state index in [1.807, 2.05) is 36.9 Å². The molecule has 1 aromatic rings. The average molecular weight is 290 g/mol. The van der Waals surface area contributed by atoms with E-state index in [1.165, 1.54) is 0 Å². The third kappa shape index (κ3) is 5.10. The number of anilines is 1. The molecule has 0 aromatic heterocycles. The molecular formula is C16H26N4O. The molecule has 0 fully saturated rings. The highest BCUT2D eigenvalue weighted by Gasteiger charge is 2.10. The molecule has 0 spiro atoms. The fourth-order valence-electron chi connectivity index (χ4n) is 2.20. The van der Waals surface area contributed by atoms with Gasteiger partial charge < -0.3 is 16.0 Å². The molecule has 116 valence electrons. The van der Waals surface area contributed by atoms with Crippen molar-refractivity contribution < 1.29 is 4.79 Å². The molecule has 0 saturated carbocycles. The third-order valence-corrected chi connectivity index (χ3v) is 3.24. The van der Waals surface area contributed by atoms with E-state index >= 15 is 0 Å². The molecule has 0 aliphatic carbocycles. The Balaban J connectivity index is 2.81. The quantitative estimate of drug-likeness (QED) is 0.646. The van der Waals surface area contributed by atoms with Crippen molar-refractivity contribution in [3.63, 3.8) is 0 Å². The maximum absolute atomic E-state index is 12.0. The van der Waals surface area contributed by atoms with Crippen LogP contribution in [0.1, 0.15) is 37.8 Å². The largest absolute Gasteiger partial charge is 0.369 e. The Hall–Kier alpha value is -2.04. The number of rotatable bonds is 5. The van der Waals surface area contributed by atoms with Crippen LogP contribution in [0.4, 0.5) is 10.5 Å².